The smallest absolute Gasteiger partial charge is 0.224 e. The van der Waals surface area contributed by atoms with Crippen LogP contribution in [0.25, 0.3) is 0 Å². The SMILES string of the molecule is CCCNc1cc(N2CCCC(CCC(=O)Nc3cccc(C)c3)C2)ncn1. The Bertz CT molecular complexity index is 779. The summed E-state index contributed by atoms with van der Waals surface area (Å²) >= 11 is 0. The molecular weight excluding hydrogens is 350 g/mol. The minimum atomic E-state index is 0.0933. The van der Waals surface area contributed by atoms with Crippen LogP contribution in [0.15, 0.2) is 36.7 Å². The number of benzene rings is 1. The summed E-state index contributed by atoms with van der Waals surface area (Å²) in [6, 6.07) is 9.96. The molecule has 1 aromatic carbocycles. The van der Waals surface area contributed by atoms with Crippen LogP contribution in [0.4, 0.5) is 17.3 Å². The minimum absolute atomic E-state index is 0.0933. The molecule has 1 atom stereocenters. The van der Waals surface area contributed by atoms with Crippen molar-refractivity contribution in [2.24, 2.45) is 5.92 Å². The minimum Gasteiger partial charge on any atom is -0.370 e. The number of aromatic nitrogens is 2. The van der Waals surface area contributed by atoms with E-state index in [1.807, 2.05) is 37.3 Å². The summed E-state index contributed by atoms with van der Waals surface area (Å²) in [5.74, 6) is 2.46. The highest BCUT2D eigenvalue weighted by Gasteiger charge is 2.22. The second kappa shape index (κ2) is 10.1. The summed E-state index contributed by atoms with van der Waals surface area (Å²) < 4.78 is 0. The number of hydrogen-bond acceptors (Lipinski definition) is 5. The van der Waals surface area contributed by atoms with Crippen molar-refractivity contribution >= 4 is 23.2 Å². The van der Waals surface area contributed by atoms with Crippen LogP contribution in [0, 0.1) is 12.8 Å². The number of amides is 1. The molecule has 1 aliphatic rings. The number of rotatable bonds is 8. The van der Waals surface area contributed by atoms with E-state index in [2.05, 4.69) is 32.4 Å². The van der Waals surface area contributed by atoms with Gasteiger partial charge in [0, 0.05) is 37.8 Å². The molecule has 2 aromatic rings. The van der Waals surface area contributed by atoms with Crippen LogP contribution < -0.4 is 15.5 Å². The standard InChI is InChI=1S/C22H31N5O/c1-3-11-23-20-14-21(25-16-24-20)27-12-5-7-18(15-27)9-10-22(28)26-19-8-4-6-17(2)13-19/h4,6,8,13-14,16,18H,3,5,7,9-12,15H2,1-2H3,(H,26,28)(H,23,24,25). The molecule has 1 fully saturated rings. The van der Waals surface area contributed by atoms with Crippen molar-refractivity contribution in [3.05, 3.63) is 42.2 Å². The summed E-state index contributed by atoms with van der Waals surface area (Å²) in [6.07, 6.45) is 6.45. The molecule has 0 bridgehead atoms. The number of piperidine rings is 1. The van der Waals surface area contributed by atoms with Crippen LogP contribution in [0.1, 0.15) is 44.6 Å². The van der Waals surface area contributed by atoms with Gasteiger partial charge in [0.2, 0.25) is 5.91 Å². The normalized spacial score (nSPS) is 16.6. The van der Waals surface area contributed by atoms with Crippen LogP contribution in [-0.4, -0.2) is 35.5 Å². The van der Waals surface area contributed by atoms with Gasteiger partial charge < -0.3 is 15.5 Å². The van der Waals surface area contributed by atoms with E-state index >= 15 is 0 Å². The summed E-state index contributed by atoms with van der Waals surface area (Å²) in [4.78, 5) is 23.4. The summed E-state index contributed by atoms with van der Waals surface area (Å²) in [5, 5.41) is 6.33. The Morgan fingerprint density at radius 1 is 1.29 bits per heavy atom. The average molecular weight is 382 g/mol. The predicted octanol–water partition coefficient (Wildman–Crippen LogP) is 4.24. The van der Waals surface area contributed by atoms with Crippen LogP contribution in [0.3, 0.4) is 0 Å². The number of hydrogen-bond donors (Lipinski definition) is 2. The molecule has 28 heavy (non-hydrogen) atoms. The average Bonchev–Trinajstić information content (AvgIpc) is 2.71. The molecule has 150 valence electrons. The van der Waals surface area contributed by atoms with E-state index in [4.69, 9.17) is 0 Å². The van der Waals surface area contributed by atoms with Crippen molar-refractivity contribution in [3.63, 3.8) is 0 Å². The number of nitrogens with zero attached hydrogens (tertiary/aromatic N) is 3. The van der Waals surface area contributed by atoms with Crippen molar-refractivity contribution in [1.82, 2.24) is 9.97 Å². The molecule has 2 N–H and O–H groups in total. The van der Waals surface area contributed by atoms with E-state index in [9.17, 15) is 4.79 Å². The maximum atomic E-state index is 12.3. The Morgan fingerprint density at radius 2 is 2.18 bits per heavy atom. The fourth-order valence-electron chi connectivity index (χ4n) is 3.66. The molecule has 0 aliphatic carbocycles. The van der Waals surface area contributed by atoms with Crippen molar-refractivity contribution < 1.29 is 4.79 Å². The van der Waals surface area contributed by atoms with Gasteiger partial charge in [-0.25, -0.2) is 9.97 Å². The molecule has 6 heteroatoms. The van der Waals surface area contributed by atoms with Gasteiger partial charge in [-0.2, -0.15) is 0 Å². The zero-order valence-corrected chi connectivity index (χ0v) is 16.9. The molecule has 6 nitrogen and oxygen atoms in total. The number of aryl methyl sites for hydroxylation is 1. The third-order valence-electron chi connectivity index (χ3n) is 5.13. The molecular formula is C22H31N5O. The van der Waals surface area contributed by atoms with Gasteiger partial charge in [0.15, 0.2) is 0 Å². The lowest BCUT2D eigenvalue weighted by atomic mass is 9.93. The summed E-state index contributed by atoms with van der Waals surface area (Å²) in [5.41, 5.74) is 2.03. The lowest BCUT2D eigenvalue weighted by molar-refractivity contribution is -0.116. The van der Waals surface area contributed by atoms with Crippen molar-refractivity contribution in [3.8, 4) is 0 Å². The van der Waals surface area contributed by atoms with Gasteiger partial charge >= 0.3 is 0 Å². The van der Waals surface area contributed by atoms with Gasteiger partial charge in [0.25, 0.3) is 0 Å². The Morgan fingerprint density at radius 3 is 3.00 bits per heavy atom. The van der Waals surface area contributed by atoms with E-state index in [1.54, 1.807) is 6.33 Å². The molecule has 1 unspecified atom stereocenters. The first-order valence-electron chi connectivity index (χ1n) is 10.3. The number of carbonyl (C=O) groups excluding carboxylic acids is 1. The fraction of sp³-hybridized carbons (Fsp3) is 0.500. The maximum absolute atomic E-state index is 12.3. The topological polar surface area (TPSA) is 70.2 Å². The van der Waals surface area contributed by atoms with Gasteiger partial charge in [-0.3, -0.25) is 4.79 Å². The van der Waals surface area contributed by atoms with Gasteiger partial charge in [-0.05, 0) is 56.2 Å². The summed E-state index contributed by atoms with van der Waals surface area (Å²) in [6.45, 7) is 7.04. The molecule has 0 saturated carbocycles. The highest BCUT2D eigenvalue weighted by molar-refractivity contribution is 5.90. The molecule has 0 spiro atoms. The fourth-order valence-corrected chi connectivity index (χ4v) is 3.66. The highest BCUT2D eigenvalue weighted by Crippen LogP contribution is 2.25. The Hall–Kier alpha value is -2.63. The predicted molar refractivity (Wildman–Crippen MR) is 115 cm³/mol. The molecule has 1 saturated heterocycles. The van der Waals surface area contributed by atoms with Crippen LogP contribution in [-0.2, 0) is 4.79 Å². The van der Waals surface area contributed by atoms with E-state index in [0.717, 1.165) is 61.8 Å². The van der Waals surface area contributed by atoms with Crippen LogP contribution in [0.5, 0.6) is 0 Å². The Balaban J connectivity index is 1.50. The van der Waals surface area contributed by atoms with E-state index in [0.29, 0.717) is 12.3 Å². The third kappa shape index (κ3) is 5.94. The van der Waals surface area contributed by atoms with Gasteiger partial charge in [0.1, 0.15) is 18.0 Å². The Kier molecular flexibility index (Phi) is 7.23. The first-order chi connectivity index (χ1) is 13.6. The first kappa shape index (κ1) is 20.1. The van der Waals surface area contributed by atoms with Gasteiger partial charge in [0.05, 0.1) is 0 Å². The maximum Gasteiger partial charge on any atom is 0.224 e. The number of carbonyl (C=O) groups is 1. The molecule has 1 amide bonds. The lowest BCUT2D eigenvalue weighted by Gasteiger charge is -2.33. The first-order valence-corrected chi connectivity index (χ1v) is 10.3. The van der Waals surface area contributed by atoms with Crippen molar-refractivity contribution in [2.45, 2.75) is 46.0 Å². The van der Waals surface area contributed by atoms with E-state index < -0.39 is 0 Å². The summed E-state index contributed by atoms with van der Waals surface area (Å²) in [7, 11) is 0. The highest BCUT2D eigenvalue weighted by atomic mass is 16.1. The van der Waals surface area contributed by atoms with Crippen molar-refractivity contribution in [2.75, 3.05) is 35.2 Å². The zero-order valence-electron chi connectivity index (χ0n) is 16.9. The zero-order chi connectivity index (χ0) is 19.8. The molecule has 1 aromatic heterocycles. The molecule has 2 heterocycles. The Labute approximate surface area is 167 Å². The molecule has 3 rings (SSSR count). The van der Waals surface area contributed by atoms with E-state index in [-0.39, 0.29) is 5.91 Å². The monoisotopic (exact) mass is 381 g/mol. The number of anilines is 3. The van der Waals surface area contributed by atoms with Crippen LogP contribution in [0.2, 0.25) is 0 Å². The number of nitrogens with one attached hydrogen (secondary N) is 2. The second-order valence-corrected chi connectivity index (χ2v) is 7.60. The quantitative estimate of drug-likeness (QED) is 0.716. The van der Waals surface area contributed by atoms with Crippen molar-refractivity contribution in [1.29, 1.82) is 0 Å². The van der Waals surface area contributed by atoms with Crippen LogP contribution >= 0.6 is 0 Å². The third-order valence-corrected chi connectivity index (χ3v) is 5.13. The second-order valence-electron chi connectivity index (χ2n) is 7.60. The lowest BCUT2D eigenvalue weighted by Crippen LogP contribution is -2.36. The van der Waals surface area contributed by atoms with Gasteiger partial charge in [-0.1, -0.05) is 19.1 Å². The van der Waals surface area contributed by atoms with Gasteiger partial charge in [-0.15, -0.1) is 0 Å². The van der Waals surface area contributed by atoms with E-state index in [1.165, 1.54) is 6.42 Å². The largest absolute Gasteiger partial charge is 0.370 e. The molecule has 0 radical (unpaired) electrons. The molecule has 1 aliphatic heterocycles.